The molecule has 5 heteroatoms. The molecule has 0 aliphatic carbocycles. The minimum Gasteiger partial charge on any atom is -0.340 e. The number of benzene rings is 1. The topological polar surface area (TPSA) is 43.9 Å². The van der Waals surface area contributed by atoms with Crippen LogP contribution in [-0.4, -0.2) is 14.7 Å². The number of hydrogen-bond donors (Lipinski definition) is 0. The van der Waals surface area contributed by atoms with E-state index in [4.69, 9.17) is 16.1 Å². The van der Waals surface area contributed by atoms with Crippen molar-refractivity contribution in [2.45, 2.75) is 26.3 Å². The molecular formula is C14H14ClN3O. The van der Waals surface area contributed by atoms with Gasteiger partial charge in [-0.2, -0.15) is 4.98 Å². The fraction of sp³-hybridized carbons (Fsp3) is 0.286. The van der Waals surface area contributed by atoms with Crippen molar-refractivity contribution in [3.8, 4) is 0 Å². The standard InChI is InChI=1S/C14H14ClN3O/c1-9(2)14-16-13(17-19-14)8-18-6-5-10-7-11(15)3-4-12(10)18/h3-7,9H,8H2,1-2H3. The molecule has 0 atom stereocenters. The van der Waals surface area contributed by atoms with Crippen LogP contribution in [0.5, 0.6) is 0 Å². The molecule has 1 aromatic carbocycles. The van der Waals surface area contributed by atoms with Crippen molar-refractivity contribution in [3.05, 3.63) is 47.2 Å². The first kappa shape index (κ1) is 12.2. The van der Waals surface area contributed by atoms with E-state index in [0.717, 1.165) is 15.9 Å². The summed E-state index contributed by atoms with van der Waals surface area (Å²) in [7, 11) is 0. The van der Waals surface area contributed by atoms with E-state index in [1.165, 1.54) is 0 Å². The molecule has 0 bridgehead atoms. The summed E-state index contributed by atoms with van der Waals surface area (Å²) in [4.78, 5) is 4.38. The van der Waals surface area contributed by atoms with Gasteiger partial charge in [0.25, 0.3) is 0 Å². The Hall–Kier alpha value is -1.81. The monoisotopic (exact) mass is 275 g/mol. The highest BCUT2D eigenvalue weighted by Gasteiger charge is 2.11. The molecule has 4 nitrogen and oxygen atoms in total. The summed E-state index contributed by atoms with van der Waals surface area (Å²) >= 11 is 5.98. The van der Waals surface area contributed by atoms with Gasteiger partial charge in [0.1, 0.15) is 0 Å². The van der Waals surface area contributed by atoms with E-state index in [0.29, 0.717) is 18.3 Å². The zero-order valence-electron chi connectivity index (χ0n) is 10.8. The van der Waals surface area contributed by atoms with Gasteiger partial charge in [-0.05, 0) is 24.3 Å². The fourth-order valence-electron chi connectivity index (χ4n) is 2.03. The molecule has 2 heterocycles. The van der Waals surface area contributed by atoms with Gasteiger partial charge in [-0.1, -0.05) is 30.6 Å². The lowest BCUT2D eigenvalue weighted by Gasteiger charge is -2.01. The molecule has 0 fully saturated rings. The summed E-state index contributed by atoms with van der Waals surface area (Å²) in [6.45, 7) is 4.66. The van der Waals surface area contributed by atoms with Crippen LogP contribution in [0.25, 0.3) is 10.9 Å². The summed E-state index contributed by atoms with van der Waals surface area (Å²) in [6.07, 6.45) is 2.01. The summed E-state index contributed by atoms with van der Waals surface area (Å²) < 4.78 is 7.29. The van der Waals surface area contributed by atoms with Gasteiger partial charge in [-0.15, -0.1) is 0 Å². The Morgan fingerprint density at radius 3 is 2.89 bits per heavy atom. The summed E-state index contributed by atoms with van der Waals surface area (Å²) in [6, 6.07) is 7.87. The number of fused-ring (bicyclic) bond motifs is 1. The molecule has 98 valence electrons. The van der Waals surface area contributed by atoms with E-state index in [1.54, 1.807) is 0 Å². The first-order valence-electron chi connectivity index (χ1n) is 6.20. The van der Waals surface area contributed by atoms with E-state index >= 15 is 0 Å². The molecule has 0 saturated heterocycles. The van der Waals surface area contributed by atoms with Crippen molar-refractivity contribution >= 4 is 22.5 Å². The van der Waals surface area contributed by atoms with E-state index < -0.39 is 0 Å². The fourth-order valence-corrected chi connectivity index (χ4v) is 2.21. The third kappa shape index (κ3) is 2.36. The molecular weight excluding hydrogens is 262 g/mol. The second-order valence-electron chi connectivity index (χ2n) is 4.85. The van der Waals surface area contributed by atoms with Gasteiger partial charge in [0.2, 0.25) is 5.89 Å². The van der Waals surface area contributed by atoms with Crippen molar-refractivity contribution in [3.63, 3.8) is 0 Å². The van der Waals surface area contributed by atoms with Gasteiger partial charge in [-0.25, -0.2) is 0 Å². The van der Waals surface area contributed by atoms with Gasteiger partial charge >= 0.3 is 0 Å². The first-order chi connectivity index (χ1) is 9.13. The Balaban J connectivity index is 1.92. The van der Waals surface area contributed by atoms with Crippen LogP contribution < -0.4 is 0 Å². The van der Waals surface area contributed by atoms with Crippen LogP contribution in [0, 0.1) is 0 Å². The maximum Gasteiger partial charge on any atom is 0.229 e. The number of aromatic nitrogens is 3. The normalized spacial score (nSPS) is 11.6. The minimum absolute atomic E-state index is 0.251. The summed E-state index contributed by atoms with van der Waals surface area (Å²) in [5.74, 6) is 1.62. The van der Waals surface area contributed by atoms with Gasteiger partial charge < -0.3 is 9.09 Å². The average molecular weight is 276 g/mol. The summed E-state index contributed by atoms with van der Waals surface area (Å²) in [5, 5.41) is 5.86. The number of hydrogen-bond acceptors (Lipinski definition) is 3. The van der Waals surface area contributed by atoms with Crippen LogP contribution in [0.2, 0.25) is 5.02 Å². The van der Waals surface area contributed by atoms with Crippen LogP contribution >= 0.6 is 11.6 Å². The van der Waals surface area contributed by atoms with Crippen LogP contribution in [0.4, 0.5) is 0 Å². The molecule has 0 unspecified atom stereocenters. The molecule has 2 aromatic heterocycles. The Morgan fingerprint density at radius 2 is 2.16 bits per heavy atom. The third-order valence-corrected chi connectivity index (χ3v) is 3.26. The third-order valence-electron chi connectivity index (χ3n) is 3.02. The van der Waals surface area contributed by atoms with E-state index in [-0.39, 0.29) is 5.92 Å². The van der Waals surface area contributed by atoms with Crippen molar-refractivity contribution in [2.24, 2.45) is 0 Å². The molecule has 0 radical (unpaired) electrons. The Bertz CT molecular complexity index is 714. The first-order valence-corrected chi connectivity index (χ1v) is 6.58. The van der Waals surface area contributed by atoms with E-state index in [1.807, 2.05) is 44.3 Å². The zero-order chi connectivity index (χ0) is 13.4. The molecule has 19 heavy (non-hydrogen) atoms. The smallest absolute Gasteiger partial charge is 0.229 e. The molecule has 3 aromatic rings. The van der Waals surface area contributed by atoms with Crippen molar-refractivity contribution in [2.75, 3.05) is 0 Å². The van der Waals surface area contributed by atoms with Gasteiger partial charge in [0.15, 0.2) is 5.82 Å². The van der Waals surface area contributed by atoms with E-state index in [9.17, 15) is 0 Å². The molecule has 0 amide bonds. The zero-order valence-corrected chi connectivity index (χ0v) is 11.6. The lowest BCUT2D eigenvalue weighted by molar-refractivity contribution is 0.360. The highest BCUT2D eigenvalue weighted by atomic mass is 35.5. The molecule has 0 aliphatic heterocycles. The van der Waals surface area contributed by atoms with E-state index in [2.05, 4.69) is 14.7 Å². The minimum atomic E-state index is 0.251. The van der Waals surface area contributed by atoms with Crippen LogP contribution in [-0.2, 0) is 6.54 Å². The van der Waals surface area contributed by atoms with Gasteiger partial charge in [-0.3, -0.25) is 0 Å². The SMILES string of the molecule is CC(C)c1nc(Cn2ccc3cc(Cl)ccc32)no1. The molecule has 0 N–H and O–H groups in total. The van der Waals surface area contributed by atoms with Crippen molar-refractivity contribution in [1.29, 1.82) is 0 Å². The maximum atomic E-state index is 5.98. The highest BCUT2D eigenvalue weighted by molar-refractivity contribution is 6.31. The number of halogens is 1. The Morgan fingerprint density at radius 1 is 1.32 bits per heavy atom. The number of nitrogens with zero attached hydrogens (tertiary/aromatic N) is 3. The Kier molecular flexibility index (Phi) is 3.03. The molecule has 0 aliphatic rings. The average Bonchev–Trinajstić information content (AvgIpc) is 2.97. The predicted octanol–water partition coefficient (Wildman–Crippen LogP) is 3.85. The van der Waals surface area contributed by atoms with Crippen LogP contribution in [0.1, 0.15) is 31.5 Å². The molecule has 0 spiro atoms. The van der Waals surface area contributed by atoms with Crippen molar-refractivity contribution in [1.82, 2.24) is 14.7 Å². The lowest BCUT2D eigenvalue weighted by atomic mass is 10.2. The van der Waals surface area contributed by atoms with Crippen LogP contribution in [0.3, 0.4) is 0 Å². The van der Waals surface area contributed by atoms with Crippen molar-refractivity contribution < 1.29 is 4.52 Å². The maximum absolute atomic E-state index is 5.98. The second-order valence-corrected chi connectivity index (χ2v) is 5.29. The highest BCUT2D eigenvalue weighted by Crippen LogP contribution is 2.21. The molecule has 3 rings (SSSR count). The quantitative estimate of drug-likeness (QED) is 0.729. The molecule has 0 saturated carbocycles. The lowest BCUT2D eigenvalue weighted by Crippen LogP contribution is -2.00. The van der Waals surface area contributed by atoms with Gasteiger partial charge in [0, 0.05) is 28.0 Å². The van der Waals surface area contributed by atoms with Gasteiger partial charge in [0.05, 0.1) is 6.54 Å². The summed E-state index contributed by atoms with van der Waals surface area (Å²) in [5.41, 5.74) is 1.11. The second kappa shape index (κ2) is 4.70. The number of rotatable bonds is 3. The largest absolute Gasteiger partial charge is 0.340 e. The predicted molar refractivity (Wildman–Crippen MR) is 74.4 cm³/mol. The van der Waals surface area contributed by atoms with Crippen LogP contribution in [0.15, 0.2) is 35.0 Å². The Labute approximate surface area is 116 Å².